The molecule has 0 fully saturated rings. The number of rotatable bonds is 4. The predicted octanol–water partition coefficient (Wildman–Crippen LogP) is -0.419. The Kier molecular flexibility index (Phi) is 3.53. The number of benzene rings is 1. The molecule has 21 heavy (non-hydrogen) atoms. The molecule has 8 heteroatoms. The second-order valence-corrected chi connectivity index (χ2v) is 4.31. The van der Waals surface area contributed by atoms with Gasteiger partial charge in [0.1, 0.15) is 6.54 Å². The summed E-state index contributed by atoms with van der Waals surface area (Å²) in [7, 11) is 0. The maximum atomic E-state index is 12.1. The summed E-state index contributed by atoms with van der Waals surface area (Å²) in [5.41, 5.74) is -0.819. The van der Waals surface area contributed by atoms with Crippen molar-refractivity contribution in [1.29, 1.82) is 0 Å². The van der Waals surface area contributed by atoms with Crippen LogP contribution in [0.3, 0.4) is 0 Å². The van der Waals surface area contributed by atoms with E-state index in [4.69, 9.17) is 10.2 Å². The summed E-state index contributed by atoms with van der Waals surface area (Å²) >= 11 is 0. The third-order valence-electron chi connectivity index (χ3n) is 3.01. The van der Waals surface area contributed by atoms with Gasteiger partial charge >= 0.3 is 11.9 Å². The Balaban J connectivity index is 2.39. The number of Topliss-reactive ketones (excluding diaryl/α,β-unsaturated/α-hetero) is 2. The molecule has 1 aliphatic rings. The minimum atomic E-state index is -1.74. The van der Waals surface area contributed by atoms with Gasteiger partial charge in [0.05, 0.1) is 5.56 Å². The van der Waals surface area contributed by atoms with E-state index in [9.17, 15) is 24.0 Å². The number of carbonyl (C=O) groups excluding carboxylic acids is 3. The molecule has 0 heterocycles. The van der Waals surface area contributed by atoms with Crippen molar-refractivity contribution < 1.29 is 34.2 Å². The monoisotopic (exact) mass is 291 g/mol. The zero-order valence-corrected chi connectivity index (χ0v) is 10.5. The second kappa shape index (κ2) is 5.16. The van der Waals surface area contributed by atoms with Gasteiger partial charge in [-0.2, -0.15) is 0 Å². The number of aliphatic carboxylic acids is 1. The molecule has 0 spiro atoms. The van der Waals surface area contributed by atoms with Crippen LogP contribution in [0.4, 0.5) is 0 Å². The first-order chi connectivity index (χ1) is 9.84. The molecule has 0 aromatic heterocycles. The Morgan fingerprint density at radius 3 is 2.33 bits per heavy atom. The van der Waals surface area contributed by atoms with Crippen LogP contribution in [-0.4, -0.2) is 46.2 Å². The van der Waals surface area contributed by atoms with Crippen molar-refractivity contribution in [1.82, 2.24) is 5.32 Å². The van der Waals surface area contributed by atoms with Crippen LogP contribution in [0.1, 0.15) is 31.1 Å². The number of amides is 1. The Bertz CT molecular complexity index is 692. The number of carboxylic acids is 2. The molecular weight excluding hydrogens is 282 g/mol. The molecule has 1 atom stereocenters. The zero-order valence-electron chi connectivity index (χ0n) is 10.5. The van der Waals surface area contributed by atoms with Crippen molar-refractivity contribution in [3.63, 3.8) is 0 Å². The first-order valence-corrected chi connectivity index (χ1v) is 5.78. The van der Waals surface area contributed by atoms with Crippen LogP contribution >= 0.6 is 0 Å². The van der Waals surface area contributed by atoms with E-state index in [1.54, 1.807) is 0 Å². The highest BCUT2D eigenvalue weighted by Crippen LogP contribution is 2.29. The number of carboxylic acid groups (broad SMARTS) is 2. The van der Waals surface area contributed by atoms with Crippen LogP contribution in [0.2, 0.25) is 0 Å². The van der Waals surface area contributed by atoms with E-state index in [-0.39, 0.29) is 16.7 Å². The highest BCUT2D eigenvalue weighted by atomic mass is 16.4. The van der Waals surface area contributed by atoms with Crippen LogP contribution in [0.25, 0.3) is 0 Å². The van der Waals surface area contributed by atoms with Crippen LogP contribution in [0.15, 0.2) is 18.2 Å². The fraction of sp³-hybridized carbons (Fsp3) is 0.154. The summed E-state index contributed by atoms with van der Waals surface area (Å²) in [5, 5.41) is 19.4. The summed E-state index contributed by atoms with van der Waals surface area (Å²) in [6.45, 7) is -0.738. The Morgan fingerprint density at radius 2 is 1.76 bits per heavy atom. The lowest BCUT2D eigenvalue weighted by atomic mass is 10.0. The number of hydrogen-bond acceptors (Lipinski definition) is 5. The molecule has 8 nitrogen and oxygen atoms in total. The molecule has 1 unspecified atom stereocenters. The molecule has 0 radical (unpaired) electrons. The molecule has 1 amide bonds. The van der Waals surface area contributed by atoms with Gasteiger partial charge in [0.25, 0.3) is 0 Å². The van der Waals surface area contributed by atoms with Gasteiger partial charge in [0.15, 0.2) is 17.5 Å². The van der Waals surface area contributed by atoms with Crippen molar-refractivity contribution in [2.24, 2.45) is 5.92 Å². The number of fused-ring (bicyclic) bond motifs is 1. The third-order valence-corrected chi connectivity index (χ3v) is 3.01. The Labute approximate surface area is 117 Å². The second-order valence-electron chi connectivity index (χ2n) is 4.31. The van der Waals surface area contributed by atoms with Crippen molar-refractivity contribution in [2.45, 2.75) is 0 Å². The van der Waals surface area contributed by atoms with E-state index < -0.39 is 41.9 Å². The molecule has 0 bridgehead atoms. The molecule has 0 aliphatic heterocycles. The lowest BCUT2D eigenvalue weighted by molar-refractivity contribution is -0.138. The van der Waals surface area contributed by atoms with E-state index in [1.165, 1.54) is 12.1 Å². The van der Waals surface area contributed by atoms with Crippen LogP contribution < -0.4 is 5.32 Å². The van der Waals surface area contributed by atoms with Gasteiger partial charge in [0.2, 0.25) is 5.91 Å². The van der Waals surface area contributed by atoms with E-state index in [2.05, 4.69) is 0 Å². The largest absolute Gasteiger partial charge is 0.480 e. The number of hydrogen-bond donors (Lipinski definition) is 3. The molecule has 1 aromatic carbocycles. The standard InChI is InChI=1S/C13H9NO7/c15-7(16)4-14-12(19)9-10(17)5-2-1-3-6(13(20)21)8(5)11(9)18/h1-3,9H,4H2,(H,14,19)(H,15,16)(H,20,21). The molecule has 3 N–H and O–H groups in total. The van der Waals surface area contributed by atoms with Crippen molar-refractivity contribution >= 4 is 29.4 Å². The Morgan fingerprint density at radius 1 is 1.10 bits per heavy atom. The van der Waals surface area contributed by atoms with Gasteiger partial charge in [-0.3, -0.25) is 19.2 Å². The smallest absolute Gasteiger partial charge is 0.336 e. The van der Waals surface area contributed by atoms with Gasteiger partial charge in [-0.1, -0.05) is 12.1 Å². The molecule has 1 aliphatic carbocycles. The van der Waals surface area contributed by atoms with Gasteiger partial charge in [-0.05, 0) is 6.07 Å². The summed E-state index contributed by atoms with van der Waals surface area (Å²) < 4.78 is 0. The minimum absolute atomic E-state index is 0.143. The SMILES string of the molecule is O=C(O)CNC(=O)C1C(=O)c2cccc(C(=O)O)c2C1=O. The topological polar surface area (TPSA) is 138 Å². The van der Waals surface area contributed by atoms with E-state index in [1.807, 2.05) is 5.32 Å². The molecule has 2 rings (SSSR count). The summed E-state index contributed by atoms with van der Waals surface area (Å²) in [6, 6.07) is 3.71. The van der Waals surface area contributed by atoms with E-state index in [0.717, 1.165) is 6.07 Å². The summed E-state index contributed by atoms with van der Waals surface area (Å²) in [5.74, 6) is -7.28. The predicted molar refractivity (Wildman–Crippen MR) is 66.2 cm³/mol. The highest BCUT2D eigenvalue weighted by Gasteiger charge is 2.45. The maximum absolute atomic E-state index is 12.1. The van der Waals surface area contributed by atoms with Gasteiger partial charge < -0.3 is 15.5 Å². The van der Waals surface area contributed by atoms with Crippen molar-refractivity contribution in [3.8, 4) is 0 Å². The van der Waals surface area contributed by atoms with E-state index >= 15 is 0 Å². The fourth-order valence-electron chi connectivity index (χ4n) is 2.12. The maximum Gasteiger partial charge on any atom is 0.336 e. The molecule has 108 valence electrons. The highest BCUT2D eigenvalue weighted by molar-refractivity contribution is 6.36. The number of aromatic carboxylic acids is 1. The summed E-state index contributed by atoms with van der Waals surface area (Å²) in [4.78, 5) is 57.4. The molecule has 0 saturated heterocycles. The molecule has 1 aromatic rings. The van der Waals surface area contributed by atoms with Crippen LogP contribution in [0, 0.1) is 5.92 Å². The van der Waals surface area contributed by atoms with Crippen molar-refractivity contribution in [2.75, 3.05) is 6.54 Å². The normalized spacial score (nSPS) is 16.5. The lowest BCUT2D eigenvalue weighted by Gasteiger charge is -2.06. The minimum Gasteiger partial charge on any atom is -0.480 e. The average Bonchev–Trinajstić information content (AvgIpc) is 2.68. The van der Waals surface area contributed by atoms with Gasteiger partial charge in [0, 0.05) is 11.1 Å². The zero-order chi connectivity index (χ0) is 15.7. The number of ketones is 2. The van der Waals surface area contributed by atoms with Crippen LogP contribution in [0.5, 0.6) is 0 Å². The Hall–Kier alpha value is -3.03. The van der Waals surface area contributed by atoms with Gasteiger partial charge in [-0.15, -0.1) is 0 Å². The van der Waals surface area contributed by atoms with Crippen LogP contribution in [-0.2, 0) is 9.59 Å². The summed E-state index contributed by atoms with van der Waals surface area (Å²) in [6.07, 6.45) is 0. The first kappa shape index (κ1) is 14.4. The average molecular weight is 291 g/mol. The van der Waals surface area contributed by atoms with E-state index in [0.29, 0.717) is 0 Å². The number of carbonyl (C=O) groups is 5. The third kappa shape index (κ3) is 2.38. The lowest BCUT2D eigenvalue weighted by Crippen LogP contribution is -2.39. The van der Waals surface area contributed by atoms with Crippen molar-refractivity contribution in [3.05, 3.63) is 34.9 Å². The number of nitrogens with one attached hydrogen (secondary N) is 1. The van der Waals surface area contributed by atoms with Gasteiger partial charge in [-0.25, -0.2) is 4.79 Å². The quantitative estimate of drug-likeness (QED) is 0.640. The molecule has 0 saturated carbocycles. The first-order valence-electron chi connectivity index (χ1n) is 5.78. The molecular formula is C13H9NO7. The fourth-order valence-corrected chi connectivity index (χ4v) is 2.12.